The van der Waals surface area contributed by atoms with Crippen molar-refractivity contribution in [1.82, 2.24) is 67.8 Å². The molecule has 109 heavy (non-hydrogen) atoms. The second kappa shape index (κ2) is 52.1. The van der Waals surface area contributed by atoms with E-state index in [9.17, 15) is 53.1 Å². The first-order valence-corrected chi connectivity index (χ1v) is 35.6. The van der Waals surface area contributed by atoms with Crippen molar-refractivity contribution in [3.05, 3.63) is 189 Å². The molecule has 0 spiro atoms. The number of aromatic amines is 2. The van der Waals surface area contributed by atoms with Gasteiger partial charge in [0.05, 0.1) is 51.9 Å². The predicted molar refractivity (Wildman–Crippen MR) is 403 cm³/mol. The summed E-state index contributed by atoms with van der Waals surface area (Å²) >= 11 is 0. The summed E-state index contributed by atoms with van der Waals surface area (Å²) in [5, 5.41) is 39.8. The molecule has 35 heteroatoms. The molecule has 0 aliphatic heterocycles. The Morgan fingerprint density at radius 2 is 0.872 bits per heavy atom. The molecular weight excluding hydrogens is 1410 g/mol. The molecule has 4 aromatic carbocycles. The fourth-order valence-corrected chi connectivity index (χ4v) is 10.2. The first kappa shape index (κ1) is 89.5. The minimum absolute atomic E-state index is 0.0196. The van der Waals surface area contributed by atoms with Crippen LogP contribution >= 0.6 is 0 Å². The summed E-state index contributed by atoms with van der Waals surface area (Å²) in [4.78, 5) is 148. The standard InChI is InChI=1S/C37H50N10O7.C32H43N7O8.C5H9N3/c1-25(2)19-31(45-37(52)32(44-26(3)48)20-27-9-11-30(12-10-27)54-23-28-7-5-4-6-8-28)36(51)46-33(35(50)41-15-17-53-18-16-43-47-38)21-34(49)40-14-13-29-22-39-24-42-29;1-21(2)17-26(31(44)38-28(19-29(41)42)30(43)34-13-15-46-16-14-35-39-33)37-32(45)27(36-22(3)40)18-23-9-11-25(12-10-23)47-20-24-7-5-4-6-8-24;6-2-1-5-3-7-4-8-5/h4-12,22,24-25,31-33H,13-21,23H2,1-3H3,(H,39,42)(H,40,49)(H,41,50)(H,44,48)(H,45,52)(H,46,51);4-12,21,26-28H,13-20H2,1-3H3,(H,34,43)(H,36,40)(H,37,45)(H,38,44)(H,41,42);3-4H,1-2,6H2,(H,7,8)/t31-,32+,33+;26-,27+,28+;/m11./s1. The van der Waals surface area contributed by atoms with Crippen LogP contribution in [-0.2, 0) is 96.3 Å². The largest absolute Gasteiger partial charge is 0.489 e. The smallest absolute Gasteiger partial charge is 0.305 e. The Morgan fingerprint density at radius 1 is 0.477 bits per heavy atom. The summed E-state index contributed by atoms with van der Waals surface area (Å²) in [5.41, 5.74) is 27.4. The van der Waals surface area contributed by atoms with Gasteiger partial charge in [-0.05, 0) is 88.8 Å². The van der Waals surface area contributed by atoms with Gasteiger partial charge in [0.25, 0.3) is 0 Å². The molecule has 0 saturated heterocycles. The summed E-state index contributed by atoms with van der Waals surface area (Å²) in [5.74, 6) is -5.54. The number of H-pyrrole nitrogens is 2. The number of carbonyl (C=O) groups excluding carboxylic acids is 9. The molecule has 14 N–H and O–H groups in total. The second-order valence-corrected chi connectivity index (χ2v) is 25.6. The van der Waals surface area contributed by atoms with Crippen LogP contribution in [0.4, 0.5) is 0 Å². The molecule has 0 aliphatic carbocycles. The highest BCUT2D eigenvalue weighted by Gasteiger charge is 2.33. The number of rotatable bonds is 47. The molecule has 6 aromatic rings. The third-order valence-corrected chi connectivity index (χ3v) is 15.5. The Morgan fingerprint density at radius 3 is 1.24 bits per heavy atom. The van der Waals surface area contributed by atoms with Crippen molar-refractivity contribution in [3.63, 3.8) is 0 Å². The molecule has 0 aliphatic rings. The van der Waals surface area contributed by atoms with Crippen molar-refractivity contribution < 1.29 is 72.0 Å². The van der Waals surface area contributed by atoms with Crippen LogP contribution in [0.1, 0.15) is 101 Å². The molecule has 6 rings (SSSR count). The summed E-state index contributed by atoms with van der Waals surface area (Å²) in [6.07, 6.45) is 7.54. The van der Waals surface area contributed by atoms with Gasteiger partial charge in [-0.15, -0.1) is 0 Å². The van der Waals surface area contributed by atoms with E-state index in [1.807, 2.05) is 88.4 Å². The van der Waals surface area contributed by atoms with Crippen molar-refractivity contribution in [2.24, 2.45) is 27.8 Å². The highest BCUT2D eigenvalue weighted by Crippen LogP contribution is 2.19. The highest BCUT2D eigenvalue weighted by molar-refractivity contribution is 5.97. The van der Waals surface area contributed by atoms with Crippen molar-refractivity contribution in [3.8, 4) is 11.5 Å². The molecule has 2 aromatic heterocycles. The van der Waals surface area contributed by atoms with E-state index in [-0.39, 0.29) is 103 Å². The lowest BCUT2D eigenvalue weighted by atomic mass is 10.0. The van der Waals surface area contributed by atoms with E-state index in [2.05, 4.69) is 87.8 Å². The average Bonchev–Trinajstić information content (AvgIpc) is 1.20. The lowest BCUT2D eigenvalue weighted by Crippen LogP contribution is -2.58. The third kappa shape index (κ3) is 39.3. The van der Waals surface area contributed by atoms with Crippen LogP contribution in [-0.4, -0.2) is 186 Å². The molecule has 0 fully saturated rings. The molecule has 0 bridgehead atoms. The van der Waals surface area contributed by atoms with Crippen LogP contribution < -0.4 is 63.1 Å². The summed E-state index contributed by atoms with van der Waals surface area (Å²) in [6, 6.07) is 26.7. The van der Waals surface area contributed by atoms with Crippen LogP contribution in [0.3, 0.4) is 0 Å². The van der Waals surface area contributed by atoms with Crippen LogP contribution in [0.15, 0.2) is 144 Å². The molecule has 2 heterocycles. The van der Waals surface area contributed by atoms with Crippen molar-refractivity contribution in [2.45, 2.75) is 142 Å². The van der Waals surface area contributed by atoms with Gasteiger partial charge in [0, 0.05) is 106 Å². The minimum Gasteiger partial charge on any atom is -0.489 e. The number of nitrogens with one attached hydrogen (secondary N) is 11. The van der Waals surface area contributed by atoms with Gasteiger partial charge < -0.3 is 87.6 Å². The Balaban J connectivity index is 0.000000419. The Hall–Kier alpha value is -11.9. The molecule has 0 saturated carbocycles. The van der Waals surface area contributed by atoms with Gasteiger partial charge in [0.2, 0.25) is 53.2 Å². The number of aliphatic carboxylic acids is 1. The average molecular weight is 1510 g/mol. The fraction of sp³-hybridized carbons (Fsp3) is 0.459. The number of amides is 9. The van der Waals surface area contributed by atoms with Crippen molar-refractivity contribution in [2.75, 3.05) is 65.7 Å². The van der Waals surface area contributed by atoms with Crippen molar-refractivity contribution in [1.29, 1.82) is 0 Å². The van der Waals surface area contributed by atoms with Gasteiger partial charge in [0.15, 0.2) is 0 Å². The summed E-state index contributed by atoms with van der Waals surface area (Å²) in [7, 11) is 0. The molecule has 0 unspecified atom stereocenters. The van der Waals surface area contributed by atoms with Crippen LogP contribution in [0.2, 0.25) is 0 Å². The van der Waals surface area contributed by atoms with E-state index in [4.69, 9.17) is 35.7 Å². The molecule has 6 atom stereocenters. The van der Waals surface area contributed by atoms with Gasteiger partial charge in [-0.3, -0.25) is 47.9 Å². The van der Waals surface area contributed by atoms with E-state index in [0.717, 1.165) is 40.1 Å². The summed E-state index contributed by atoms with van der Waals surface area (Å²) in [6.45, 7) is 12.5. The van der Waals surface area contributed by atoms with Crippen molar-refractivity contribution >= 4 is 59.1 Å². The van der Waals surface area contributed by atoms with E-state index in [1.165, 1.54) is 20.2 Å². The van der Waals surface area contributed by atoms with E-state index in [0.29, 0.717) is 37.7 Å². The molecule has 588 valence electrons. The monoisotopic (exact) mass is 1510 g/mol. The number of carbonyl (C=O) groups is 10. The maximum absolute atomic E-state index is 13.7. The topological polar surface area (TPSA) is 517 Å². The van der Waals surface area contributed by atoms with E-state index < -0.39 is 102 Å². The maximum atomic E-state index is 13.7. The second-order valence-electron chi connectivity index (χ2n) is 25.6. The lowest BCUT2D eigenvalue weighted by molar-refractivity contribution is -0.141. The number of carboxylic acids is 1. The lowest BCUT2D eigenvalue weighted by Gasteiger charge is -2.26. The molecule has 35 nitrogen and oxygen atoms in total. The van der Waals surface area contributed by atoms with E-state index >= 15 is 0 Å². The Kier molecular flexibility index (Phi) is 42.8. The Bertz CT molecular complexity index is 3810. The SMILES string of the molecule is CC(=O)N[C@@H](Cc1ccc(OCc2ccccc2)cc1)C(=O)N[C@H](CC(C)C)C(=O)N[C@@H](CC(=O)NCCc1cnc[nH]1)C(=O)NCCOCCN=[N+]=[N-].CC(=O)N[C@@H](Cc1ccc(OCc2ccccc2)cc1)C(=O)N[C@H](CC(C)C)C(=O)N[C@@H](CC(=O)O)C(=O)NCCOCCN=[N+]=[N-].NCCc1cnc[nH]1. The number of hydrogen-bond acceptors (Lipinski definition) is 19. The Labute approximate surface area is 632 Å². The number of nitrogens with zero attached hydrogens (tertiary/aromatic N) is 8. The highest BCUT2D eigenvalue weighted by atomic mass is 16.5. The first-order valence-electron chi connectivity index (χ1n) is 35.6. The quantitative estimate of drug-likeness (QED) is 0.0109. The predicted octanol–water partition coefficient (Wildman–Crippen LogP) is 4.40. The van der Waals surface area contributed by atoms with Gasteiger partial charge in [-0.2, -0.15) is 0 Å². The number of nitrogens with two attached hydrogens (primary N) is 1. The number of ether oxygens (including phenoxy) is 4. The van der Waals surface area contributed by atoms with Gasteiger partial charge in [-0.25, -0.2) is 9.97 Å². The third-order valence-electron chi connectivity index (χ3n) is 15.5. The van der Waals surface area contributed by atoms with Crippen LogP contribution in [0.25, 0.3) is 20.9 Å². The van der Waals surface area contributed by atoms with Gasteiger partial charge in [-0.1, -0.05) is 123 Å². The number of aromatic nitrogens is 4. The molecular formula is C74H102N20O15. The minimum atomic E-state index is -1.43. The molecule has 9 amide bonds. The zero-order valence-corrected chi connectivity index (χ0v) is 62.3. The number of imidazole rings is 2. The molecule has 0 radical (unpaired) electrons. The maximum Gasteiger partial charge on any atom is 0.305 e. The van der Waals surface area contributed by atoms with Crippen LogP contribution in [0.5, 0.6) is 11.5 Å². The first-order chi connectivity index (χ1) is 52.4. The fourth-order valence-electron chi connectivity index (χ4n) is 10.2. The summed E-state index contributed by atoms with van der Waals surface area (Å²) < 4.78 is 22.2. The number of azide groups is 2. The number of benzene rings is 4. The zero-order valence-electron chi connectivity index (χ0n) is 62.3. The zero-order chi connectivity index (χ0) is 79.6. The number of carboxylic acid groups (broad SMARTS) is 1. The van der Waals surface area contributed by atoms with E-state index in [1.54, 1.807) is 67.3 Å². The van der Waals surface area contributed by atoms with Gasteiger partial charge >= 0.3 is 5.97 Å². The van der Waals surface area contributed by atoms with Gasteiger partial charge in [0.1, 0.15) is 61.0 Å². The number of hydrogen-bond donors (Lipinski definition) is 13. The normalized spacial score (nSPS) is 12.2. The van der Waals surface area contributed by atoms with Crippen LogP contribution in [0, 0.1) is 11.8 Å².